The zero-order valence-electron chi connectivity index (χ0n) is 13.7. The van der Waals surface area contributed by atoms with Gasteiger partial charge in [0.1, 0.15) is 11.3 Å². The van der Waals surface area contributed by atoms with Crippen LogP contribution in [0.4, 0.5) is 0 Å². The summed E-state index contributed by atoms with van der Waals surface area (Å²) in [6.45, 7) is 3.51. The van der Waals surface area contributed by atoms with Crippen molar-refractivity contribution in [3.05, 3.63) is 39.7 Å². The summed E-state index contributed by atoms with van der Waals surface area (Å²) >= 11 is 3.34. The second kappa shape index (κ2) is 8.03. The van der Waals surface area contributed by atoms with Crippen molar-refractivity contribution in [2.45, 2.75) is 19.8 Å². The van der Waals surface area contributed by atoms with Crippen molar-refractivity contribution < 1.29 is 23.8 Å². The van der Waals surface area contributed by atoms with Crippen molar-refractivity contribution in [1.29, 1.82) is 5.26 Å². The first-order valence-electron chi connectivity index (χ1n) is 7.64. The highest BCUT2D eigenvalue weighted by atomic mass is 79.9. The van der Waals surface area contributed by atoms with Gasteiger partial charge in [-0.2, -0.15) is 5.26 Å². The quantitative estimate of drug-likeness (QED) is 0.743. The van der Waals surface area contributed by atoms with Crippen LogP contribution >= 0.6 is 15.9 Å². The third-order valence-corrected chi connectivity index (χ3v) is 4.10. The fourth-order valence-electron chi connectivity index (χ4n) is 2.62. The highest BCUT2D eigenvalue weighted by Crippen LogP contribution is 2.44. The van der Waals surface area contributed by atoms with Crippen molar-refractivity contribution >= 4 is 27.9 Å². The predicted octanol–water partition coefficient (Wildman–Crippen LogP) is 2.36. The molecular formula is C17H17BrN2O5. The average Bonchev–Trinajstić information content (AvgIpc) is 2.56. The fourth-order valence-corrected chi connectivity index (χ4v) is 2.99. The van der Waals surface area contributed by atoms with E-state index in [-0.39, 0.29) is 24.7 Å². The lowest BCUT2D eigenvalue weighted by Crippen LogP contribution is -2.33. The van der Waals surface area contributed by atoms with Gasteiger partial charge in [-0.1, -0.05) is 15.9 Å². The number of rotatable bonds is 5. The zero-order valence-corrected chi connectivity index (χ0v) is 15.3. The minimum Gasteiger partial charge on any atom is -0.465 e. The molecule has 0 fully saturated rings. The first-order chi connectivity index (χ1) is 11.9. The third-order valence-electron chi connectivity index (χ3n) is 3.61. The predicted molar refractivity (Wildman–Crippen MR) is 91.1 cm³/mol. The summed E-state index contributed by atoms with van der Waals surface area (Å²) in [6.07, 6.45) is 0. The van der Waals surface area contributed by atoms with E-state index in [0.29, 0.717) is 15.8 Å². The van der Waals surface area contributed by atoms with Crippen LogP contribution in [0.3, 0.4) is 0 Å². The van der Waals surface area contributed by atoms with E-state index < -0.39 is 23.8 Å². The van der Waals surface area contributed by atoms with Gasteiger partial charge in [0, 0.05) is 10.0 Å². The standard InChI is InChI=1S/C17H17BrN2O5/c1-3-23-16(21)11(8-19)13-10-7-9(18)5-6-12(10)25-15(20)14(13)17(22)24-4-2/h5-7,11,13H,3-4,20H2,1-2H3/t11?,13-/m1/s1. The number of nitrogens with zero attached hydrogens (tertiary/aromatic N) is 1. The molecule has 0 saturated heterocycles. The van der Waals surface area contributed by atoms with Crippen LogP contribution in [0.25, 0.3) is 0 Å². The molecule has 1 aromatic carbocycles. The topological polar surface area (TPSA) is 112 Å². The van der Waals surface area contributed by atoms with Crippen molar-refractivity contribution in [3.63, 3.8) is 0 Å². The number of benzene rings is 1. The molecule has 7 nitrogen and oxygen atoms in total. The van der Waals surface area contributed by atoms with E-state index in [1.54, 1.807) is 32.0 Å². The van der Waals surface area contributed by atoms with Gasteiger partial charge in [0.25, 0.3) is 0 Å². The second-order valence-corrected chi connectivity index (χ2v) is 6.03. The molecule has 1 aliphatic rings. The molecule has 0 saturated carbocycles. The van der Waals surface area contributed by atoms with E-state index in [0.717, 1.165) is 0 Å². The van der Waals surface area contributed by atoms with E-state index in [2.05, 4.69) is 15.9 Å². The number of ether oxygens (including phenoxy) is 3. The van der Waals surface area contributed by atoms with Gasteiger partial charge in [0.2, 0.25) is 5.88 Å². The van der Waals surface area contributed by atoms with Gasteiger partial charge in [-0.25, -0.2) is 4.79 Å². The number of nitriles is 1. The largest absolute Gasteiger partial charge is 0.465 e. The van der Waals surface area contributed by atoms with Gasteiger partial charge in [-0.05, 0) is 32.0 Å². The number of nitrogens with two attached hydrogens (primary N) is 1. The summed E-state index contributed by atoms with van der Waals surface area (Å²) < 4.78 is 16.2. The molecule has 0 amide bonds. The summed E-state index contributed by atoms with van der Waals surface area (Å²) in [5.74, 6) is -3.53. The lowest BCUT2D eigenvalue weighted by atomic mass is 9.79. The van der Waals surface area contributed by atoms with Gasteiger partial charge >= 0.3 is 11.9 Å². The molecule has 2 rings (SSSR count). The molecule has 0 spiro atoms. The molecule has 0 aliphatic carbocycles. The first kappa shape index (κ1) is 18.8. The molecule has 0 bridgehead atoms. The van der Waals surface area contributed by atoms with Crippen molar-refractivity contribution in [2.24, 2.45) is 11.7 Å². The van der Waals surface area contributed by atoms with Crippen molar-refractivity contribution in [1.82, 2.24) is 0 Å². The van der Waals surface area contributed by atoms with Crippen LogP contribution in [-0.2, 0) is 19.1 Å². The molecule has 0 aromatic heterocycles. The Kier molecular flexibility index (Phi) is 6.04. The van der Waals surface area contributed by atoms with E-state index in [1.807, 2.05) is 6.07 Å². The molecule has 1 heterocycles. The number of fused-ring (bicyclic) bond motifs is 1. The van der Waals surface area contributed by atoms with Crippen LogP contribution in [-0.4, -0.2) is 25.2 Å². The number of halogens is 1. The molecule has 1 unspecified atom stereocenters. The summed E-state index contributed by atoms with van der Waals surface area (Å²) in [5.41, 5.74) is 6.32. The first-order valence-corrected chi connectivity index (χ1v) is 8.44. The molecule has 0 radical (unpaired) electrons. The number of hydrogen-bond donors (Lipinski definition) is 1. The number of esters is 2. The van der Waals surface area contributed by atoms with Gasteiger partial charge in [-0.3, -0.25) is 4.79 Å². The second-order valence-electron chi connectivity index (χ2n) is 5.12. The minimum absolute atomic E-state index is 0.0629. The van der Waals surface area contributed by atoms with Gasteiger partial charge in [0.05, 0.1) is 25.2 Å². The smallest absolute Gasteiger partial charge is 0.340 e. The molecule has 1 aliphatic heterocycles. The third kappa shape index (κ3) is 3.77. The Balaban J connectivity index is 2.63. The molecule has 8 heteroatoms. The van der Waals surface area contributed by atoms with Crippen molar-refractivity contribution in [2.75, 3.05) is 13.2 Å². The van der Waals surface area contributed by atoms with Crippen molar-refractivity contribution in [3.8, 4) is 11.8 Å². The lowest BCUT2D eigenvalue weighted by Gasteiger charge is -2.30. The van der Waals surface area contributed by atoms with Crippen LogP contribution < -0.4 is 10.5 Å². The molecule has 2 N–H and O–H groups in total. The Hall–Kier alpha value is -2.53. The van der Waals surface area contributed by atoms with Gasteiger partial charge < -0.3 is 19.9 Å². The Labute approximate surface area is 153 Å². The summed E-state index contributed by atoms with van der Waals surface area (Å²) in [4.78, 5) is 24.7. The minimum atomic E-state index is -1.27. The SMILES string of the molecule is CCOC(=O)C1=C(N)Oc2ccc(Br)cc2[C@@H]1C(C#N)C(=O)OCC. The van der Waals surface area contributed by atoms with Crippen LogP contribution in [0.1, 0.15) is 25.3 Å². The maximum absolute atomic E-state index is 12.4. The molecule has 1 aromatic rings. The average molecular weight is 409 g/mol. The monoisotopic (exact) mass is 408 g/mol. The van der Waals surface area contributed by atoms with E-state index in [4.69, 9.17) is 19.9 Å². The van der Waals surface area contributed by atoms with Gasteiger partial charge in [0.15, 0.2) is 5.92 Å². The summed E-state index contributed by atoms with van der Waals surface area (Å²) in [6, 6.07) is 6.96. The zero-order chi connectivity index (χ0) is 18.6. The van der Waals surface area contributed by atoms with Crippen LogP contribution in [0.5, 0.6) is 5.75 Å². The van der Waals surface area contributed by atoms with E-state index in [1.165, 1.54) is 0 Å². The fraction of sp³-hybridized carbons (Fsp3) is 0.353. The lowest BCUT2D eigenvalue weighted by molar-refractivity contribution is -0.146. The summed E-state index contributed by atoms with van der Waals surface area (Å²) in [5, 5.41) is 9.57. The highest BCUT2D eigenvalue weighted by molar-refractivity contribution is 9.10. The normalized spacial score (nSPS) is 17.0. The Bertz CT molecular complexity index is 769. The Morgan fingerprint density at radius 2 is 2.04 bits per heavy atom. The highest BCUT2D eigenvalue weighted by Gasteiger charge is 2.43. The molecule has 2 atom stereocenters. The van der Waals surface area contributed by atoms with Crippen LogP contribution in [0, 0.1) is 17.2 Å². The maximum atomic E-state index is 12.4. The maximum Gasteiger partial charge on any atom is 0.340 e. The number of carbonyl (C=O) groups excluding carboxylic acids is 2. The molecular weight excluding hydrogens is 392 g/mol. The number of carbonyl (C=O) groups is 2. The molecule has 132 valence electrons. The Morgan fingerprint density at radius 1 is 1.36 bits per heavy atom. The van der Waals surface area contributed by atoms with Crippen LogP contribution in [0.2, 0.25) is 0 Å². The summed E-state index contributed by atoms with van der Waals surface area (Å²) in [7, 11) is 0. The number of hydrogen-bond acceptors (Lipinski definition) is 7. The Morgan fingerprint density at radius 3 is 2.64 bits per heavy atom. The van der Waals surface area contributed by atoms with E-state index in [9.17, 15) is 14.9 Å². The van der Waals surface area contributed by atoms with Gasteiger partial charge in [-0.15, -0.1) is 0 Å². The van der Waals surface area contributed by atoms with E-state index >= 15 is 0 Å². The van der Waals surface area contributed by atoms with Crippen LogP contribution in [0.15, 0.2) is 34.1 Å². The molecule has 25 heavy (non-hydrogen) atoms.